The molecular weight excluding hydrogens is 390 g/mol. The lowest BCUT2D eigenvalue weighted by molar-refractivity contribution is 0.112. The van der Waals surface area contributed by atoms with Crippen LogP contribution in [0.5, 0.6) is 0 Å². The molecule has 0 fully saturated rings. The van der Waals surface area contributed by atoms with Gasteiger partial charge >= 0.3 is 0 Å². The van der Waals surface area contributed by atoms with Crippen molar-refractivity contribution < 1.29 is 5.11 Å². The summed E-state index contributed by atoms with van der Waals surface area (Å²) in [5.41, 5.74) is 3.33. The maximum atomic E-state index is 11.2. The molecule has 0 saturated heterocycles. The summed E-state index contributed by atoms with van der Waals surface area (Å²) in [5, 5.41) is 15.1. The van der Waals surface area contributed by atoms with E-state index >= 15 is 0 Å². The lowest BCUT2D eigenvalue weighted by Crippen LogP contribution is -2.39. The van der Waals surface area contributed by atoms with Crippen LogP contribution >= 0.6 is 0 Å². The molecule has 1 unspecified atom stereocenters. The minimum Gasteiger partial charge on any atom is -0.381 e. The highest BCUT2D eigenvalue weighted by Gasteiger charge is 2.37. The summed E-state index contributed by atoms with van der Waals surface area (Å²) in [6, 6.07) is 39.4. The Balaban J connectivity index is 2.01. The molecule has 2 heteroatoms. The van der Waals surface area contributed by atoms with Crippen LogP contribution in [0.3, 0.4) is 0 Å². The first-order valence-electron chi connectivity index (χ1n) is 11.0. The molecule has 0 aliphatic carbocycles. The average molecular weight is 420 g/mol. The van der Waals surface area contributed by atoms with Crippen LogP contribution in [0, 0.1) is 0 Å². The van der Waals surface area contributed by atoms with E-state index in [4.69, 9.17) is 0 Å². The molecule has 0 aromatic heterocycles. The fraction of sp³-hybridized carbons (Fsp3) is 0.133. The van der Waals surface area contributed by atoms with E-state index < -0.39 is 11.1 Å². The van der Waals surface area contributed by atoms with Crippen LogP contribution < -0.4 is 5.32 Å². The highest BCUT2D eigenvalue weighted by molar-refractivity contribution is 5.64. The van der Waals surface area contributed by atoms with E-state index in [0.717, 1.165) is 27.9 Å². The Bertz CT molecular complexity index is 1070. The molecule has 4 aromatic rings. The van der Waals surface area contributed by atoms with E-state index in [1.807, 2.05) is 68.5 Å². The van der Waals surface area contributed by atoms with Crippen LogP contribution in [0.1, 0.15) is 36.1 Å². The van der Waals surface area contributed by atoms with E-state index in [0.29, 0.717) is 0 Å². The van der Waals surface area contributed by atoms with Crippen LogP contribution in [0.15, 0.2) is 127 Å². The minimum atomic E-state index is -1.10. The summed E-state index contributed by atoms with van der Waals surface area (Å²) in [4.78, 5) is 0. The van der Waals surface area contributed by atoms with Gasteiger partial charge in [-0.15, -0.1) is 0 Å². The van der Waals surface area contributed by atoms with E-state index in [1.165, 1.54) is 0 Å². The van der Waals surface area contributed by atoms with Crippen LogP contribution in [0.2, 0.25) is 0 Å². The normalized spacial score (nSPS) is 13.6. The van der Waals surface area contributed by atoms with Crippen molar-refractivity contribution in [3.63, 3.8) is 0 Å². The van der Waals surface area contributed by atoms with E-state index in [1.54, 1.807) is 0 Å². The molecule has 0 spiro atoms. The van der Waals surface area contributed by atoms with Gasteiger partial charge in [-0.3, -0.25) is 0 Å². The van der Waals surface area contributed by atoms with Gasteiger partial charge in [0.25, 0.3) is 0 Å². The molecule has 4 rings (SSSR count). The van der Waals surface area contributed by atoms with Crippen LogP contribution in [0.25, 0.3) is 0 Å². The molecule has 4 aromatic carbocycles. The number of nitrogens with one attached hydrogen (secondary N) is 1. The molecule has 160 valence electrons. The average Bonchev–Trinajstić information content (AvgIpc) is 2.84. The first-order valence-corrected chi connectivity index (χ1v) is 11.0. The third kappa shape index (κ3) is 4.10. The van der Waals surface area contributed by atoms with Crippen molar-refractivity contribution >= 4 is 5.69 Å². The van der Waals surface area contributed by atoms with Crippen molar-refractivity contribution in [3.05, 3.63) is 150 Å². The Kier molecular flexibility index (Phi) is 6.25. The molecule has 0 bridgehead atoms. The maximum absolute atomic E-state index is 11.2. The molecule has 0 aliphatic rings. The SMILES string of the molecule is C/C=C/C(C)(O)c1ccccc1NC(c1ccccc1)(c1ccccc1)c1ccccc1. The molecule has 0 radical (unpaired) electrons. The van der Waals surface area contributed by atoms with Crippen LogP contribution in [-0.4, -0.2) is 5.11 Å². The lowest BCUT2D eigenvalue weighted by atomic mass is 9.76. The van der Waals surface area contributed by atoms with Gasteiger partial charge in [0.1, 0.15) is 11.1 Å². The van der Waals surface area contributed by atoms with Crippen molar-refractivity contribution in [1.29, 1.82) is 0 Å². The number of hydrogen-bond acceptors (Lipinski definition) is 2. The largest absolute Gasteiger partial charge is 0.381 e. The zero-order chi connectivity index (χ0) is 22.4. The first kappa shape index (κ1) is 21.6. The van der Waals surface area contributed by atoms with E-state index in [2.05, 4.69) is 78.1 Å². The first-order chi connectivity index (χ1) is 15.6. The van der Waals surface area contributed by atoms with Crippen molar-refractivity contribution in [2.75, 3.05) is 5.32 Å². The molecule has 32 heavy (non-hydrogen) atoms. The lowest BCUT2D eigenvalue weighted by Gasteiger charge is -2.39. The molecule has 0 amide bonds. The molecule has 0 aliphatic heterocycles. The number of anilines is 1. The third-order valence-electron chi connectivity index (χ3n) is 5.91. The summed E-state index contributed by atoms with van der Waals surface area (Å²) in [7, 11) is 0. The summed E-state index contributed by atoms with van der Waals surface area (Å²) < 4.78 is 0. The zero-order valence-electron chi connectivity index (χ0n) is 18.6. The molecule has 0 saturated carbocycles. The highest BCUT2D eigenvalue weighted by atomic mass is 16.3. The Hall–Kier alpha value is -3.62. The number of rotatable bonds is 7. The second kappa shape index (κ2) is 9.25. The fourth-order valence-electron chi connectivity index (χ4n) is 4.43. The quantitative estimate of drug-likeness (QED) is 0.253. The smallest absolute Gasteiger partial charge is 0.114 e. The van der Waals surface area contributed by atoms with Gasteiger partial charge in [-0.1, -0.05) is 121 Å². The van der Waals surface area contributed by atoms with Crippen molar-refractivity contribution in [2.24, 2.45) is 0 Å². The number of aliphatic hydroxyl groups is 1. The summed E-state index contributed by atoms with van der Waals surface area (Å²) >= 11 is 0. The number of benzene rings is 4. The predicted octanol–water partition coefficient (Wildman–Crippen LogP) is 6.87. The van der Waals surface area contributed by atoms with Gasteiger partial charge in [-0.05, 0) is 36.6 Å². The third-order valence-corrected chi connectivity index (χ3v) is 5.91. The van der Waals surface area contributed by atoms with Gasteiger partial charge in [0.2, 0.25) is 0 Å². The van der Waals surface area contributed by atoms with Gasteiger partial charge < -0.3 is 10.4 Å². The second-order valence-electron chi connectivity index (χ2n) is 8.17. The predicted molar refractivity (Wildman–Crippen MR) is 134 cm³/mol. The molecule has 1 atom stereocenters. The van der Waals surface area contributed by atoms with E-state index in [9.17, 15) is 5.11 Å². The molecule has 0 heterocycles. The fourth-order valence-corrected chi connectivity index (χ4v) is 4.43. The zero-order valence-corrected chi connectivity index (χ0v) is 18.6. The van der Waals surface area contributed by atoms with E-state index in [-0.39, 0.29) is 0 Å². The van der Waals surface area contributed by atoms with Crippen molar-refractivity contribution in [2.45, 2.75) is 25.0 Å². The Morgan fingerprint density at radius 3 is 1.47 bits per heavy atom. The topological polar surface area (TPSA) is 32.3 Å². The Labute approximate surface area is 190 Å². The van der Waals surface area contributed by atoms with Gasteiger partial charge in [-0.2, -0.15) is 0 Å². The molecule has 2 nitrogen and oxygen atoms in total. The van der Waals surface area contributed by atoms with Gasteiger partial charge in [0.05, 0.1) is 0 Å². The minimum absolute atomic E-state index is 0.647. The van der Waals surface area contributed by atoms with Crippen LogP contribution in [0.4, 0.5) is 5.69 Å². The maximum Gasteiger partial charge on any atom is 0.114 e. The van der Waals surface area contributed by atoms with Gasteiger partial charge in [0.15, 0.2) is 0 Å². The number of para-hydroxylation sites is 1. The molecule has 2 N–H and O–H groups in total. The van der Waals surface area contributed by atoms with Crippen LogP contribution in [-0.2, 0) is 11.1 Å². The number of allylic oxidation sites excluding steroid dienone is 1. The van der Waals surface area contributed by atoms with Gasteiger partial charge in [0, 0.05) is 11.3 Å². The summed E-state index contributed by atoms with van der Waals surface area (Å²) in [6.45, 7) is 3.75. The number of hydrogen-bond donors (Lipinski definition) is 2. The Morgan fingerprint density at radius 2 is 1.03 bits per heavy atom. The summed E-state index contributed by atoms with van der Waals surface area (Å²) in [5.74, 6) is 0. The standard InChI is InChI=1S/C30H29NO/c1-3-23-29(2,32)27-21-13-14-22-28(27)31-30(24-15-7-4-8-16-24,25-17-9-5-10-18-25)26-19-11-6-12-20-26/h3-23,31-32H,1-2H3/b23-3+. The highest BCUT2D eigenvalue weighted by Crippen LogP contribution is 2.42. The Morgan fingerprint density at radius 1 is 0.625 bits per heavy atom. The monoisotopic (exact) mass is 419 g/mol. The van der Waals surface area contributed by atoms with Crippen molar-refractivity contribution in [3.8, 4) is 0 Å². The summed E-state index contributed by atoms with van der Waals surface area (Å²) in [6.07, 6.45) is 3.71. The second-order valence-corrected chi connectivity index (χ2v) is 8.17. The van der Waals surface area contributed by atoms with Crippen molar-refractivity contribution in [1.82, 2.24) is 0 Å². The molecular formula is C30H29NO. The van der Waals surface area contributed by atoms with Gasteiger partial charge in [-0.25, -0.2) is 0 Å².